The summed E-state index contributed by atoms with van der Waals surface area (Å²) < 4.78 is 0. The summed E-state index contributed by atoms with van der Waals surface area (Å²) in [5, 5.41) is 6.62. The van der Waals surface area contributed by atoms with E-state index in [-0.39, 0.29) is 5.91 Å². The molecule has 4 rings (SSSR count). The van der Waals surface area contributed by atoms with Gasteiger partial charge in [-0.2, -0.15) is 0 Å². The Bertz CT molecular complexity index is 760. The molecule has 0 aliphatic heterocycles. The number of amides is 1. The number of carbonyl (C=O) groups is 1. The van der Waals surface area contributed by atoms with Gasteiger partial charge in [-0.15, -0.1) is 0 Å². The standard InChI is InChI=1S/C23H30N4O/c28-22(26-20-7-3-1-4-8-20)18-13-11-17(12-14-18)19-15-24-23(25-16-19)27-21-9-5-2-6-10-21/h11-16,20-21H,1-10H2,(H,26,28)(H,24,25,27). The first-order chi connectivity index (χ1) is 13.8. The Labute approximate surface area is 167 Å². The number of nitrogens with zero attached hydrogens (tertiary/aromatic N) is 2. The molecule has 2 saturated carbocycles. The molecule has 1 aromatic carbocycles. The van der Waals surface area contributed by atoms with E-state index in [0.29, 0.717) is 23.6 Å². The maximum Gasteiger partial charge on any atom is 0.251 e. The van der Waals surface area contributed by atoms with E-state index < -0.39 is 0 Å². The fourth-order valence-corrected chi connectivity index (χ4v) is 4.31. The maximum absolute atomic E-state index is 12.5. The van der Waals surface area contributed by atoms with Crippen molar-refractivity contribution in [1.29, 1.82) is 0 Å². The summed E-state index contributed by atoms with van der Waals surface area (Å²) in [6.45, 7) is 0. The summed E-state index contributed by atoms with van der Waals surface area (Å²) >= 11 is 0. The molecule has 1 amide bonds. The van der Waals surface area contributed by atoms with Gasteiger partial charge in [0.1, 0.15) is 0 Å². The summed E-state index contributed by atoms with van der Waals surface area (Å²) in [6, 6.07) is 8.56. The lowest BCUT2D eigenvalue weighted by molar-refractivity contribution is 0.0927. The van der Waals surface area contributed by atoms with Gasteiger partial charge in [-0.25, -0.2) is 9.97 Å². The van der Waals surface area contributed by atoms with Gasteiger partial charge in [-0.05, 0) is 43.4 Å². The topological polar surface area (TPSA) is 66.9 Å². The molecule has 5 heteroatoms. The van der Waals surface area contributed by atoms with Crippen molar-refractivity contribution < 1.29 is 4.79 Å². The van der Waals surface area contributed by atoms with Crippen LogP contribution in [0.3, 0.4) is 0 Å². The first kappa shape index (κ1) is 18.9. The van der Waals surface area contributed by atoms with Crippen molar-refractivity contribution in [2.24, 2.45) is 0 Å². The van der Waals surface area contributed by atoms with E-state index >= 15 is 0 Å². The molecule has 0 unspecified atom stereocenters. The molecule has 0 bridgehead atoms. The summed E-state index contributed by atoms with van der Waals surface area (Å²) in [7, 11) is 0. The maximum atomic E-state index is 12.5. The molecule has 1 heterocycles. The number of hydrogen-bond donors (Lipinski definition) is 2. The molecule has 0 spiro atoms. The van der Waals surface area contributed by atoms with Crippen LogP contribution in [0.15, 0.2) is 36.7 Å². The highest BCUT2D eigenvalue weighted by atomic mass is 16.1. The smallest absolute Gasteiger partial charge is 0.251 e. The summed E-state index contributed by atoms with van der Waals surface area (Å²) in [4.78, 5) is 21.4. The third kappa shape index (κ3) is 4.89. The zero-order valence-corrected chi connectivity index (χ0v) is 16.5. The van der Waals surface area contributed by atoms with Crippen LogP contribution in [0.4, 0.5) is 5.95 Å². The van der Waals surface area contributed by atoms with Crippen LogP contribution < -0.4 is 10.6 Å². The second-order valence-corrected chi connectivity index (χ2v) is 8.16. The summed E-state index contributed by atoms with van der Waals surface area (Å²) in [5.41, 5.74) is 2.71. The average Bonchev–Trinajstić information content (AvgIpc) is 2.76. The van der Waals surface area contributed by atoms with Crippen LogP contribution in [0.1, 0.15) is 74.6 Å². The van der Waals surface area contributed by atoms with E-state index in [9.17, 15) is 4.79 Å². The Morgan fingerprint density at radius 1 is 0.750 bits per heavy atom. The molecular formula is C23H30N4O. The Balaban J connectivity index is 1.35. The Morgan fingerprint density at radius 3 is 1.93 bits per heavy atom. The fourth-order valence-electron chi connectivity index (χ4n) is 4.31. The zero-order chi connectivity index (χ0) is 19.2. The van der Waals surface area contributed by atoms with Gasteiger partial charge < -0.3 is 10.6 Å². The minimum absolute atomic E-state index is 0.0294. The van der Waals surface area contributed by atoms with Gasteiger partial charge >= 0.3 is 0 Å². The first-order valence-corrected chi connectivity index (χ1v) is 10.8. The number of aromatic nitrogens is 2. The molecule has 0 radical (unpaired) electrons. The van der Waals surface area contributed by atoms with Crippen LogP contribution in [0, 0.1) is 0 Å². The lowest BCUT2D eigenvalue weighted by atomic mass is 9.95. The van der Waals surface area contributed by atoms with Crippen molar-refractivity contribution in [3.05, 3.63) is 42.2 Å². The number of benzene rings is 1. The van der Waals surface area contributed by atoms with Gasteiger partial charge in [0, 0.05) is 35.6 Å². The van der Waals surface area contributed by atoms with Crippen LogP contribution in [0.25, 0.3) is 11.1 Å². The van der Waals surface area contributed by atoms with Crippen molar-refractivity contribution in [2.45, 2.75) is 76.3 Å². The van der Waals surface area contributed by atoms with E-state index in [1.807, 2.05) is 36.7 Å². The summed E-state index contributed by atoms with van der Waals surface area (Å²) in [6.07, 6.45) is 16.0. The molecule has 2 aromatic rings. The van der Waals surface area contributed by atoms with Crippen LogP contribution >= 0.6 is 0 Å². The fraction of sp³-hybridized carbons (Fsp3) is 0.522. The van der Waals surface area contributed by atoms with E-state index in [0.717, 1.165) is 24.0 Å². The normalized spacial score (nSPS) is 18.6. The lowest BCUT2D eigenvalue weighted by Gasteiger charge is -2.22. The Kier molecular flexibility index (Phi) is 6.20. The monoisotopic (exact) mass is 378 g/mol. The van der Waals surface area contributed by atoms with E-state index in [2.05, 4.69) is 20.6 Å². The zero-order valence-electron chi connectivity index (χ0n) is 16.5. The Morgan fingerprint density at radius 2 is 1.32 bits per heavy atom. The number of carbonyl (C=O) groups excluding carboxylic acids is 1. The highest BCUT2D eigenvalue weighted by molar-refractivity contribution is 5.94. The SMILES string of the molecule is O=C(NC1CCCCC1)c1ccc(-c2cnc(NC3CCCCC3)nc2)cc1. The molecule has 2 aliphatic rings. The second kappa shape index (κ2) is 9.18. The molecule has 28 heavy (non-hydrogen) atoms. The minimum atomic E-state index is 0.0294. The molecule has 1 aromatic heterocycles. The van der Waals surface area contributed by atoms with Gasteiger partial charge in [-0.1, -0.05) is 50.7 Å². The van der Waals surface area contributed by atoms with Crippen LogP contribution in [0.2, 0.25) is 0 Å². The number of hydrogen-bond acceptors (Lipinski definition) is 4. The summed E-state index contributed by atoms with van der Waals surface area (Å²) in [5.74, 6) is 0.737. The molecule has 2 aliphatic carbocycles. The number of nitrogens with one attached hydrogen (secondary N) is 2. The van der Waals surface area contributed by atoms with Gasteiger partial charge in [0.05, 0.1) is 0 Å². The molecule has 2 N–H and O–H groups in total. The average molecular weight is 379 g/mol. The van der Waals surface area contributed by atoms with Crippen molar-refractivity contribution in [2.75, 3.05) is 5.32 Å². The van der Waals surface area contributed by atoms with Crippen LogP contribution in [0.5, 0.6) is 0 Å². The van der Waals surface area contributed by atoms with Gasteiger partial charge in [0.15, 0.2) is 0 Å². The molecule has 0 saturated heterocycles. The van der Waals surface area contributed by atoms with Gasteiger partial charge in [0.25, 0.3) is 5.91 Å². The van der Waals surface area contributed by atoms with Crippen LogP contribution in [-0.2, 0) is 0 Å². The molecule has 148 valence electrons. The largest absolute Gasteiger partial charge is 0.351 e. The van der Waals surface area contributed by atoms with Gasteiger partial charge in [-0.3, -0.25) is 4.79 Å². The molecule has 0 atom stereocenters. The van der Waals surface area contributed by atoms with Crippen LogP contribution in [-0.4, -0.2) is 28.0 Å². The predicted octanol–water partition coefficient (Wildman–Crippen LogP) is 4.95. The second-order valence-electron chi connectivity index (χ2n) is 8.16. The highest BCUT2D eigenvalue weighted by Gasteiger charge is 2.17. The van der Waals surface area contributed by atoms with E-state index in [1.54, 1.807) is 0 Å². The van der Waals surface area contributed by atoms with E-state index in [4.69, 9.17) is 0 Å². The molecule has 2 fully saturated rings. The van der Waals surface area contributed by atoms with Crippen molar-refractivity contribution in [1.82, 2.24) is 15.3 Å². The Hall–Kier alpha value is -2.43. The predicted molar refractivity (Wildman–Crippen MR) is 112 cm³/mol. The van der Waals surface area contributed by atoms with E-state index in [1.165, 1.54) is 51.4 Å². The third-order valence-electron chi connectivity index (χ3n) is 6.01. The number of rotatable bonds is 5. The van der Waals surface area contributed by atoms with Crippen molar-refractivity contribution >= 4 is 11.9 Å². The van der Waals surface area contributed by atoms with Gasteiger partial charge in [0.2, 0.25) is 5.95 Å². The first-order valence-electron chi connectivity index (χ1n) is 10.8. The highest BCUT2D eigenvalue weighted by Crippen LogP contribution is 2.22. The van der Waals surface area contributed by atoms with Crippen molar-refractivity contribution in [3.63, 3.8) is 0 Å². The number of anilines is 1. The van der Waals surface area contributed by atoms with Crippen molar-refractivity contribution in [3.8, 4) is 11.1 Å². The lowest BCUT2D eigenvalue weighted by Crippen LogP contribution is -2.36. The minimum Gasteiger partial charge on any atom is -0.351 e. The quantitative estimate of drug-likeness (QED) is 0.772. The molecular weight excluding hydrogens is 348 g/mol. The molecule has 5 nitrogen and oxygen atoms in total. The third-order valence-corrected chi connectivity index (χ3v) is 6.01.